The standard InChI is InChI=1S/C21H42O/c1-18(2)10-7-11-19(3)12-8-13-20(4)14-9-15-21(5)16-17-22-6/h16,18-20H,7-15,17H2,1-6H3/b21-16+/t19-,20-/m1/s1. The fourth-order valence-corrected chi connectivity index (χ4v) is 3.04. The topological polar surface area (TPSA) is 9.23 Å². The van der Waals surface area contributed by atoms with E-state index in [4.69, 9.17) is 4.74 Å². The van der Waals surface area contributed by atoms with Crippen molar-refractivity contribution in [1.82, 2.24) is 0 Å². The Morgan fingerprint density at radius 1 is 0.818 bits per heavy atom. The zero-order chi connectivity index (χ0) is 16.8. The summed E-state index contributed by atoms with van der Waals surface area (Å²) < 4.78 is 5.08. The SMILES string of the molecule is COC/C=C(\C)CCC[C@H](C)CCC[C@H](C)CCCC(C)C. The Bertz CT molecular complexity index is 267. The molecule has 0 aliphatic carbocycles. The molecule has 0 radical (unpaired) electrons. The van der Waals surface area contributed by atoms with Crippen LogP contribution in [0.25, 0.3) is 0 Å². The molecule has 22 heavy (non-hydrogen) atoms. The van der Waals surface area contributed by atoms with Crippen LogP contribution in [0.5, 0.6) is 0 Å². The van der Waals surface area contributed by atoms with Crippen molar-refractivity contribution in [2.75, 3.05) is 13.7 Å². The van der Waals surface area contributed by atoms with E-state index >= 15 is 0 Å². The molecule has 0 aliphatic heterocycles. The van der Waals surface area contributed by atoms with Crippen molar-refractivity contribution >= 4 is 0 Å². The molecule has 0 aromatic rings. The number of hydrogen-bond donors (Lipinski definition) is 0. The maximum atomic E-state index is 5.08. The molecule has 0 unspecified atom stereocenters. The molecule has 0 saturated heterocycles. The lowest BCUT2D eigenvalue weighted by Gasteiger charge is -2.15. The highest BCUT2D eigenvalue weighted by Crippen LogP contribution is 2.21. The van der Waals surface area contributed by atoms with Crippen molar-refractivity contribution in [1.29, 1.82) is 0 Å². The summed E-state index contributed by atoms with van der Waals surface area (Å²) in [5.41, 5.74) is 1.48. The largest absolute Gasteiger partial charge is 0.381 e. The highest BCUT2D eigenvalue weighted by Gasteiger charge is 2.06. The van der Waals surface area contributed by atoms with Crippen LogP contribution in [0.1, 0.15) is 92.4 Å². The molecule has 2 atom stereocenters. The summed E-state index contributed by atoms with van der Waals surface area (Å²) in [7, 11) is 1.76. The molecule has 0 N–H and O–H groups in total. The van der Waals surface area contributed by atoms with Crippen LogP contribution >= 0.6 is 0 Å². The third kappa shape index (κ3) is 14.6. The van der Waals surface area contributed by atoms with Crippen LogP contribution in [0.2, 0.25) is 0 Å². The Kier molecular flexibility index (Phi) is 14.1. The molecule has 0 saturated carbocycles. The Morgan fingerprint density at radius 2 is 1.32 bits per heavy atom. The second-order valence-electron chi connectivity index (χ2n) is 7.86. The van der Waals surface area contributed by atoms with Gasteiger partial charge >= 0.3 is 0 Å². The van der Waals surface area contributed by atoms with Crippen LogP contribution in [0.3, 0.4) is 0 Å². The van der Waals surface area contributed by atoms with Crippen LogP contribution in [0, 0.1) is 17.8 Å². The fraction of sp³-hybridized carbons (Fsp3) is 0.905. The first kappa shape index (κ1) is 21.7. The van der Waals surface area contributed by atoms with Gasteiger partial charge in [-0.2, -0.15) is 0 Å². The molecule has 0 rings (SSSR count). The predicted octanol–water partition coefficient (Wildman–Crippen LogP) is 7.02. The minimum Gasteiger partial charge on any atom is -0.381 e. The van der Waals surface area contributed by atoms with E-state index in [1.54, 1.807) is 7.11 Å². The first-order valence-electron chi connectivity index (χ1n) is 9.60. The van der Waals surface area contributed by atoms with Gasteiger partial charge < -0.3 is 4.74 Å². The van der Waals surface area contributed by atoms with E-state index in [1.165, 1.54) is 63.4 Å². The lowest BCUT2D eigenvalue weighted by Crippen LogP contribution is -2.00. The molecular formula is C21H42O. The summed E-state index contributed by atoms with van der Waals surface area (Å²) in [6.45, 7) is 12.5. The summed E-state index contributed by atoms with van der Waals surface area (Å²) >= 11 is 0. The van der Waals surface area contributed by atoms with E-state index in [1.807, 2.05) is 0 Å². The molecule has 0 amide bonds. The summed E-state index contributed by atoms with van der Waals surface area (Å²) in [4.78, 5) is 0. The fourth-order valence-electron chi connectivity index (χ4n) is 3.04. The summed E-state index contributed by atoms with van der Waals surface area (Å²) in [6, 6.07) is 0. The Balaban J connectivity index is 3.54. The molecular weight excluding hydrogens is 268 g/mol. The summed E-state index contributed by atoms with van der Waals surface area (Å²) in [6.07, 6.45) is 14.7. The van der Waals surface area contributed by atoms with E-state index in [9.17, 15) is 0 Å². The highest BCUT2D eigenvalue weighted by molar-refractivity contribution is 4.97. The van der Waals surface area contributed by atoms with Gasteiger partial charge in [0.2, 0.25) is 0 Å². The predicted molar refractivity (Wildman–Crippen MR) is 100 cm³/mol. The lowest BCUT2D eigenvalue weighted by molar-refractivity contribution is 0.233. The van der Waals surface area contributed by atoms with Gasteiger partial charge in [0, 0.05) is 7.11 Å². The first-order valence-corrected chi connectivity index (χ1v) is 9.60. The molecule has 0 aliphatic rings. The molecule has 0 fully saturated rings. The number of allylic oxidation sites excluding steroid dienone is 1. The molecule has 0 aromatic heterocycles. The molecule has 0 heterocycles. The highest BCUT2D eigenvalue weighted by atomic mass is 16.5. The lowest BCUT2D eigenvalue weighted by atomic mass is 9.91. The Morgan fingerprint density at radius 3 is 1.82 bits per heavy atom. The molecule has 0 bridgehead atoms. The van der Waals surface area contributed by atoms with Crippen LogP contribution in [0.4, 0.5) is 0 Å². The number of hydrogen-bond acceptors (Lipinski definition) is 1. The van der Waals surface area contributed by atoms with E-state index in [0.29, 0.717) is 0 Å². The van der Waals surface area contributed by atoms with Crippen LogP contribution in [-0.2, 0) is 4.74 Å². The molecule has 0 spiro atoms. The van der Waals surface area contributed by atoms with Gasteiger partial charge in [0.05, 0.1) is 6.61 Å². The number of rotatable bonds is 14. The van der Waals surface area contributed by atoms with Gasteiger partial charge in [-0.05, 0) is 37.5 Å². The molecule has 1 nitrogen and oxygen atoms in total. The summed E-state index contributed by atoms with van der Waals surface area (Å²) in [5.74, 6) is 2.68. The van der Waals surface area contributed by atoms with Gasteiger partial charge in [-0.15, -0.1) is 0 Å². The number of methoxy groups -OCH3 is 1. The third-order valence-electron chi connectivity index (χ3n) is 4.74. The molecule has 132 valence electrons. The third-order valence-corrected chi connectivity index (χ3v) is 4.74. The molecule has 1 heteroatoms. The van der Waals surface area contributed by atoms with Gasteiger partial charge in [-0.3, -0.25) is 0 Å². The van der Waals surface area contributed by atoms with Gasteiger partial charge in [-0.25, -0.2) is 0 Å². The van der Waals surface area contributed by atoms with Crippen LogP contribution < -0.4 is 0 Å². The zero-order valence-corrected chi connectivity index (χ0v) is 16.3. The zero-order valence-electron chi connectivity index (χ0n) is 16.3. The average Bonchev–Trinajstić information content (AvgIpc) is 2.44. The van der Waals surface area contributed by atoms with E-state index in [2.05, 4.69) is 40.7 Å². The van der Waals surface area contributed by atoms with E-state index < -0.39 is 0 Å². The average molecular weight is 311 g/mol. The van der Waals surface area contributed by atoms with E-state index in [-0.39, 0.29) is 0 Å². The monoisotopic (exact) mass is 310 g/mol. The maximum absolute atomic E-state index is 5.08. The second-order valence-corrected chi connectivity index (χ2v) is 7.86. The van der Waals surface area contributed by atoms with Gasteiger partial charge in [0.25, 0.3) is 0 Å². The smallest absolute Gasteiger partial charge is 0.0646 e. The van der Waals surface area contributed by atoms with Gasteiger partial charge in [0.1, 0.15) is 0 Å². The van der Waals surface area contributed by atoms with Crippen molar-refractivity contribution in [2.45, 2.75) is 92.4 Å². The minimum atomic E-state index is 0.760. The van der Waals surface area contributed by atoms with Crippen LogP contribution in [-0.4, -0.2) is 13.7 Å². The van der Waals surface area contributed by atoms with Gasteiger partial charge in [-0.1, -0.05) is 84.3 Å². The summed E-state index contributed by atoms with van der Waals surface area (Å²) in [5, 5.41) is 0. The van der Waals surface area contributed by atoms with Crippen LogP contribution in [0.15, 0.2) is 11.6 Å². The Labute approximate surface area is 140 Å². The number of ether oxygens (including phenoxy) is 1. The van der Waals surface area contributed by atoms with Crippen molar-refractivity contribution < 1.29 is 4.74 Å². The maximum Gasteiger partial charge on any atom is 0.0646 e. The molecule has 0 aromatic carbocycles. The minimum absolute atomic E-state index is 0.760. The Hall–Kier alpha value is -0.300. The van der Waals surface area contributed by atoms with Crippen molar-refractivity contribution in [3.8, 4) is 0 Å². The van der Waals surface area contributed by atoms with E-state index in [0.717, 1.165) is 24.4 Å². The van der Waals surface area contributed by atoms with Crippen molar-refractivity contribution in [3.63, 3.8) is 0 Å². The van der Waals surface area contributed by atoms with Crippen molar-refractivity contribution in [2.24, 2.45) is 17.8 Å². The quantitative estimate of drug-likeness (QED) is 0.313. The first-order chi connectivity index (χ1) is 10.5. The second kappa shape index (κ2) is 14.3. The van der Waals surface area contributed by atoms with Crippen molar-refractivity contribution in [3.05, 3.63) is 11.6 Å². The normalized spacial score (nSPS) is 15.3. The van der Waals surface area contributed by atoms with Gasteiger partial charge in [0.15, 0.2) is 0 Å².